The number of nitrogens with zero attached hydrogens (tertiary/aromatic N) is 2. The first kappa shape index (κ1) is 17.0. The van der Waals surface area contributed by atoms with Crippen molar-refractivity contribution in [1.29, 1.82) is 0 Å². The van der Waals surface area contributed by atoms with Crippen molar-refractivity contribution >= 4 is 17.2 Å². The van der Waals surface area contributed by atoms with Gasteiger partial charge in [-0.1, -0.05) is 6.07 Å². The van der Waals surface area contributed by atoms with Crippen LogP contribution < -0.4 is 5.32 Å². The Morgan fingerprint density at radius 3 is 3.00 bits per heavy atom. The summed E-state index contributed by atoms with van der Waals surface area (Å²) in [6.45, 7) is 1.82. The highest BCUT2D eigenvalue weighted by Gasteiger charge is 2.40. The van der Waals surface area contributed by atoms with Crippen molar-refractivity contribution in [2.45, 2.75) is 24.7 Å². The van der Waals surface area contributed by atoms with Crippen LogP contribution in [0.4, 0.5) is 0 Å². The standard InChI is InChI=1S/C17H21N3O3S/c21-15-10-20(9-13-4-8-24-11-13)7-5-17(15,23)12-19-16(22)14-3-1-2-6-18-14/h1-4,6,8,11,15,21,23H,5,7,9-10,12H2,(H,19,22)/t15-,17-/m1/s1. The molecular weight excluding hydrogens is 326 g/mol. The Hall–Kier alpha value is -1.80. The maximum Gasteiger partial charge on any atom is 0.269 e. The number of carbonyl (C=O) groups is 1. The third kappa shape index (κ3) is 3.99. The van der Waals surface area contributed by atoms with Gasteiger partial charge in [-0.15, -0.1) is 0 Å². The van der Waals surface area contributed by atoms with E-state index in [-0.39, 0.29) is 12.5 Å². The smallest absolute Gasteiger partial charge is 0.269 e. The summed E-state index contributed by atoms with van der Waals surface area (Å²) in [5, 5.41) is 27.8. The van der Waals surface area contributed by atoms with Crippen molar-refractivity contribution in [3.8, 4) is 0 Å². The van der Waals surface area contributed by atoms with Crippen LogP contribution in [0.25, 0.3) is 0 Å². The number of pyridine rings is 1. The van der Waals surface area contributed by atoms with E-state index in [9.17, 15) is 15.0 Å². The maximum atomic E-state index is 12.0. The Kier molecular flexibility index (Phi) is 5.25. The van der Waals surface area contributed by atoms with E-state index in [2.05, 4.69) is 26.6 Å². The van der Waals surface area contributed by atoms with Gasteiger partial charge < -0.3 is 15.5 Å². The van der Waals surface area contributed by atoms with Crippen molar-refractivity contribution < 1.29 is 15.0 Å². The average Bonchev–Trinajstić information content (AvgIpc) is 3.10. The van der Waals surface area contributed by atoms with Crippen LogP contribution in [0, 0.1) is 0 Å². The first-order valence-electron chi connectivity index (χ1n) is 7.90. The van der Waals surface area contributed by atoms with Crippen LogP contribution >= 0.6 is 11.3 Å². The molecule has 1 fully saturated rings. The molecule has 0 spiro atoms. The number of carbonyl (C=O) groups excluding carboxylic acids is 1. The molecule has 6 nitrogen and oxygen atoms in total. The number of piperidine rings is 1. The molecule has 3 rings (SSSR count). The number of aliphatic hydroxyl groups excluding tert-OH is 1. The molecular formula is C17H21N3O3S. The van der Waals surface area contributed by atoms with Gasteiger partial charge in [-0.05, 0) is 40.9 Å². The largest absolute Gasteiger partial charge is 0.389 e. The van der Waals surface area contributed by atoms with E-state index in [1.165, 1.54) is 5.56 Å². The highest BCUT2D eigenvalue weighted by atomic mass is 32.1. The number of likely N-dealkylation sites (tertiary alicyclic amines) is 1. The highest BCUT2D eigenvalue weighted by molar-refractivity contribution is 7.07. The summed E-state index contributed by atoms with van der Waals surface area (Å²) < 4.78 is 0. The third-order valence-electron chi connectivity index (χ3n) is 4.35. The number of β-amino-alcohol motifs (C(OH)–C–C–N with tert-alkyl or cyclic N) is 1. The number of hydrogen-bond donors (Lipinski definition) is 3. The molecule has 0 saturated carbocycles. The van der Waals surface area contributed by atoms with Crippen molar-refractivity contribution in [2.24, 2.45) is 0 Å². The molecule has 3 heterocycles. The van der Waals surface area contributed by atoms with Gasteiger partial charge in [0, 0.05) is 32.4 Å². The average molecular weight is 347 g/mol. The number of amides is 1. The quantitative estimate of drug-likeness (QED) is 0.747. The van der Waals surface area contributed by atoms with Crippen LogP contribution in [-0.2, 0) is 6.54 Å². The molecule has 0 aromatic carbocycles. The molecule has 1 saturated heterocycles. The van der Waals surface area contributed by atoms with E-state index >= 15 is 0 Å². The van der Waals surface area contributed by atoms with Gasteiger partial charge in [-0.25, -0.2) is 0 Å². The van der Waals surface area contributed by atoms with Gasteiger partial charge in [-0.3, -0.25) is 14.7 Å². The summed E-state index contributed by atoms with van der Waals surface area (Å²) in [4.78, 5) is 18.1. The van der Waals surface area contributed by atoms with Gasteiger partial charge in [0.1, 0.15) is 11.3 Å². The normalized spacial score (nSPS) is 24.7. The summed E-state index contributed by atoms with van der Waals surface area (Å²) in [5.74, 6) is -0.350. The van der Waals surface area contributed by atoms with Crippen molar-refractivity contribution in [2.75, 3.05) is 19.6 Å². The second-order valence-corrected chi connectivity index (χ2v) is 6.91. The molecule has 0 unspecified atom stereocenters. The van der Waals surface area contributed by atoms with Crippen LogP contribution in [0.3, 0.4) is 0 Å². The molecule has 0 aliphatic carbocycles. The van der Waals surface area contributed by atoms with Gasteiger partial charge in [0.2, 0.25) is 0 Å². The summed E-state index contributed by atoms with van der Waals surface area (Å²) in [6, 6.07) is 7.13. The molecule has 2 atom stereocenters. The number of aromatic nitrogens is 1. The SMILES string of the molecule is O=C(NC[C@]1(O)CCN(Cc2ccsc2)C[C@H]1O)c1ccccn1. The van der Waals surface area contributed by atoms with Gasteiger partial charge in [0.05, 0.1) is 6.10 Å². The second-order valence-electron chi connectivity index (χ2n) is 6.13. The fourth-order valence-electron chi connectivity index (χ4n) is 2.84. The second kappa shape index (κ2) is 7.40. The lowest BCUT2D eigenvalue weighted by molar-refractivity contribution is -0.116. The number of thiophene rings is 1. The molecule has 0 radical (unpaired) electrons. The minimum absolute atomic E-state index is 0.00979. The third-order valence-corrected chi connectivity index (χ3v) is 5.08. The number of aliphatic hydroxyl groups is 2. The molecule has 7 heteroatoms. The molecule has 1 aliphatic rings. The molecule has 3 N–H and O–H groups in total. The Labute approximate surface area is 144 Å². The highest BCUT2D eigenvalue weighted by Crippen LogP contribution is 2.24. The zero-order valence-electron chi connectivity index (χ0n) is 13.3. The fourth-order valence-corrected chi connectivity index (χ4v) is 3.50. The van der Waals surface area contributed by atoms with Gasteiger partial charge >= 0.3 is 0 Å². The van der Waals surface area contributed by atoms with Crippen LogP contribution in [0.1, 0.15) is 22.5 Å². The lowest BCUT2D eigenvalue weighted by Gasteiger charge is -2.42. The van der Waals surface area contributed by atoms with Crippen LogP contribution in [-0.4, -0.2) is 57.3 Å². The Morgan fingerprint density at radius 1 is 1.46 bits per heavy atom. The zero-order valence-corrected chi connectivity index (χ0v) is 14.1. The Morgan fingerprint density at radius 2 is 2.33 bits per heavy atom. The molecule has 0 bridgehead atoms. The lowest BCUT2D eigenvalue weighted by atomic mass is 9.88. The summed E-state index contributed by atoms with van der Waals surface area (Å²) in [6.07, 6.45) is 1.04. The number of nitrogens with one attached hydrogen (secondary N) is 1. The first-order chi connectivity index (χ1) is 11.6. The maximum absolute atomic E-state index is 12.0. The summed E-state index contributed by atoms with van der Waals surface area (Å²) in [5.41, 5.74) is 0.196. The van der Waals surface area contributed by atoms with E-state index in [0.717, 1.165) is 6.54 Å². The van der Waals surface area contributed by atoms with Crippen molar-refractivity contribution in [1.82, 2.24) is 15.2 Å². The molecule has 2 aromatic heterocycles. The first-order valence-corrected chi connectivity index (χ1v) is 8.84. The molecule has 1 aliphatic heterocycles. The van der Waals surface area contributed by atoms with Gasteiger partial charge in [-0.2, -0.15) is 11.3 Å². The topological polar surface area (TPSA) is 85.7 Å². The van der Waals surface area contributed by atoms with E-state index < -0.39 is 11.7 Å². The Balaban J connectivity index is 1.53. The van der Waals surface area contributed by atoms with E-state index in [4.69, 9.17) is 0 Å². The fraction of sp³-hybridized carbons (Fsp3) is 0.412. The number of rotatable bonds is 5. The van der Waals surface area contributed by atoms with Crippen LogP contribution in [0.2, 0.25) is 0 Å². The zero-order chi connectivity index (χ0) is 17.0. The minimum Gasteiger partial charge on any atom is -0.389 e. The molecule has 128 valence electrons. The summed E-state index contributed by atoms with van der Waals surface area (Å²) >= 11 is 1.65. The monoisotopic (exact) mass is 347 g/mol. The van der Waals surface area contributed by atoms with Crippen LogP contribution in [0.5, 0.6) is 0 Å². The van der Waals surface area contributed by atoms with Gasteiger partial charge in [0.15, 0.2) is 0 Å². The summed E-state index contributed by atoms with van der Waals surface area (Å²) in [7, 11) is 0. The lowest BCUT2D eigenvalue weighted by Crippen LogP contribution is -2.60. The van der Waals surface area contributed by atoms with E-state index in [1.807, 2.05) is 5.38 Å². The predicted octanol–water partition coefficient (Wildman–Crippen LogP) is 0.871. The van der Waals surface area contributed by atoms with Crippen molar-refractivity contribution in [3.05, 3.63) is 52.5 Å². The molecule has 2 aromatic rings. The predicted molar refractivity (Wildman–Crippen MR) is 91.7 cm³/mol. The van der Waals surface area contributed by atoms with Crippen molar-refractivity contribution in [3.63, 3.8) is 0 Å². The molecule has 1 amide bonds. The minimum atomic E-state index is -1.31. The number of hydrogen-bond acceptors (Lipinski definition) is 6. The van der Waals surface area contributed by atoms with E-state index in [0.29, 0.717) is 25.2 Å². The van der Waals surface area contributed by atoms with Crippen LogP contribution in [0.15, 0.2) is 41.2 Å². The van der Waals surface area contributed by atoms with Gasteiger partial charge in [0.25, 0.3) is 5.91 Å². The van der Waals surface area contributed by atoms with E-state index in [1.54, 1.807) is 35.7 Å². The Bertz CT molecular complexity index is 665. The molecule has 24 heavy (non-hydrogen) atoms.